The first-order chi connectivity index (χ1) is 11.1. The van der Waals surface area contributed by atoms with E-state index < -0.39 is 0 Å². The number of thioether (sulfide) groups is 1. The molecular weight excluding hydrogens is 300 g/mol. The molecule has 0 saturated carbocycles. The van der Waals surface area contributed by atoms with E-state index in [0.29, 0.717) is 0 Å². The molecule has 138 valence electrons. The van der Waals surface area contributed by atoms with Gasteiger partial charge in [0.15, 0.2) is 0 Å². The van der Waals surface area contributed by atoms with Crippen LogP contribution in [0.3, 0.4) is 0 Å². The van der Waals surface area contributed by atoms with Gasteiger partial charge in [-0.15, -0.1) is 0 Å². The molecule has 23 heavy (non-hydrogen) atoms. The molecule has 0 aromatic carbocycles. The summed E-state index contributed by atoms with van der Waals surface area (Å²) in [6.45, 7) is 17.2. The van der Waals surface area contributed by atoms with Gasteiger partial charge in [-0.1, -0.05) is 40.5 Å². The lowest BCUT2D eigenvalue weighted by molar-refractivity contribution is 0.267. The van der Waals surface area contributed by atoms with Crippen molar-refractivity contribution in [1.82, 2.24) is 9.80 Å². The van der Waals surface area contributed by atoms with Crippen molar-refractivity contribution in [3.05, 3.63) is 0 Å². The second-order valence-electron chi connectivity index (χ2n) is 8.07. The van der Waals surface area contributed by atoms with Crippen molar-refractivity contribution in [2.45, 2.75) is 66.2 Å². The average molecular weight is 343 g/mol. The Morgan fingerprint density at radius 1 is 0.652 bits per heavy atom. The molecule has 0 aromatic heterocycles. The first-order valence-electron chi connectivity index (χ1n) is 10.1. The van der Waals surface area contributed by atoms with Crippen LogP contribution in [-0.4, -0.2) is 60.6 Å². The van der Waals surface area contributed by atoms with Crippen LogP contribution in [0.25, 0.3) is 0 Å². The van der Waals surface area contributed by atoms with Crippen molar-refractivity contribution in [3.63, 3.8) is 0 Å². The Bertz CT molecular complexity index is 254. The minimum atomic E-state index is 0.865. The highest BCUT2D eigenvalue weighted by Gasteiger charge is 2.10. The van der Waals surface area contributed by atoms with Gasteiger partial charge in [-0.2, -0.15) is 11.8 Å². The zero-order valence-electron chi connectivity index (χ0n) is 16.4. The molecule has 2 nitrogen and oxygen atoms in total. The lowest BCUT2D eigenvalue weighted by Crippen LogP contribution is -2.33. The van der Waals surface area contributed by atoms with Gasteiger partial charge < -0.3 is 9.80 Å². The van der Waals surface area contributed by atoms with Crippen LogP contribution in [-0.2, 0) is 0 Å². The summed E-state index contributed by atoms with van der Waals surface area (Å²) in [6.07, 6.45) is 8.51. The van der Waals surface area contributed by atoms with Crippen molar-refractivity contribution >= 4 is 11.8 Å². The maximum absolute atomic E-state index is 2.65. The zero-order chi connectivity index (χ0) is 16.9. The molecule has 0 unspecified atom stereocenters. The molecule has 0 aromatic rings. The molecule has 0 spiro atoms. The quantitative estimate of drug-likeness (QED) is 0.671. The summed E-state index contributed by atoms with van der Waals surface area (Å²) in [6, 6.07) is 0. The molecule has 0 N–H and O–H groups in total. The highest BCUT2D eigenvalue weighted by atomic mass is 32.2. The monoisotopic (exact) mass is 342 g/mol. The molecule has 2 saturated heterocycles. The fourth-order valence-corrected chi connectivity index (χ4v) is 4.04. The van der Waals surface area contributed by atoms with Gasteiger partial charge in [0.05, 0.1) is 0 Å². The van der Waals surface area contributed by atoms with Crippen molar-refractivity contribution in [2.75, 3.05) is 50.8 Å². The molecule has 0 aliphatic carbocycles. The maximum atomic E-state index is 2.65. The molecule has 3 heteroatoms. The van der Waals surface area contributed by atoms with Gasteiger partial charge in [-0.05, 0) is 63.7 Å². The van der Waals surface area contributed by atoms with E-state index in [1.165, 1.54) is 89.3 Å². The van der Waals surface area contributed by atoms with Gasteiger partial charge in [0.2, 0.25) is 0 Å². The van der Waals surface area contributed by atoms with Gasteiger partial charge in [-0.3, -0.25) is 0 Å². The fraction of sp³-hybridized carbons (Fsp3) is 1.00. The summed E-state index contributed by atoms with van der Waals surface area (Å²) in [5.74, 6) is 4.42. The standard InChI is InChI=1S/C11H23N.C9H19NS/c1-11(2)7-10-12-8-5-3-4-6-9-12;1-9(2)3-4-10-5-7-11-8-6-10/h11H,3-10H2,1-2H3;9H,3-8H2,1-2H3. The number of nitrogens with zero attached hydrogens (tertiary/aromatic N) is 2. The number of rotatable bonds is 6. The third-order valence-corrected chi connectivity index (χ3v) is 5.79. The molecular formula is C20H42N2S. The first kappa shape index (κ1) is 21.3. The van der Waals surface area contributed by atoms with Gasteiger partial charge in [0, 0.05) is 24.6 Å². The maximum Gasteiger partial charge on any atom is 0.00727 e. The topological polar surface area (TPSA) is 6.48 Å². The molecule has 2 fully saturated rings. The third kappa shape index (κ3) is 12.3. The summed E-state index contributed by atoms with van der Waals surface area (Å²) < 4.78 is 0. The zero-order valence-corrected chi connectivity index (χ0v) is 17.2. The van der Waals surface area contributed by atoms with Crippen molar-refractivity contribution in [1.29, 1.82) is 0 Å². The summed E-state index contributed by atoms with van der Waals surface area (Å²) in [5, 5.41) is 0. The number of hydrogen-bond donors (Lipinski definition) is 0. The minimum Gasteiger partial charge on any atom is -0.303 e. The Morgan fingerprint density at radius 2 is 1.09 bits per heavy atom. The van der Waals surface area contributed by atoms with Crippen molar-refractivity contribution in [2.24, 2.45) is 11.8 Å². The molecule has 2 rings (SSSR count). The van der Waals surface area contributed by atoms with E-state index in [4.69, 9.17) is 0 Å². The van der Waals surface area contributed by atoms with E-state index >= 15 is 0 Å². The van der Waals surface area contributed by atoms with Crippen LogP contribution >= 0.6 is 11.8 Å². The summed E-state index contributed by atoms with van der Waals surface area (Å²) in [7, 11) is 0. The second kappa shape index (κ2) is 13.5. The van der Waals surface area contributed by atoms with Gasteiger partial charge in [0.25, 0.3) is 0 Å². The number of likely N-dealkylation sites (tertiary alicyclic amines) is 1. The summed E-state index contributed by atoms with van der Waals surface area (Å²) in [4.78, 5) is 5.24. The average Bonchev–Trinajstić information content (AvgIpc) is 2.81. The Morgan fingerprint density at radius 3 is 1.52 bits per heavy atom. The van der Waals surface area contributed by atoms with Crippen LogP contribution in [0.2, 0.25) is 0 Å². The van der Waals surface area contributed by atoms with Crippen LogP contribution in [0.1, 0.15) is 66.2 Å². The van der Waals surface area contributed by atoms with Gasteiger partial charge in [0.1, 0.15) is 0 Å². The molecule has 2 heterocycles. The van der Waals surface area contributed by atoms with Gasteiger partial charge in [-0.25, -0.2) is 0 Å². The Kier molecular flexibility index (Phi) is 12.6. The van der Waals surface area contributed by atoms with E-state index in [1.807, 2.05) is 0 Å². The highest BCUT2D eigenvalue weighted by molar-refractivity contribution is 7.99. The van der Waals surface area contributed by atoms with Gasteiger partial charge >= 0.3 is 0 Å². The fourth-order valence-electron chi connectivity index (χ4n) is 3.07. The summed E-state index contributed by atoms with van der Waals surface area (Å²) in [5.41, 5.74) is 0. The van der Waals surface area contributed by atoms with Crippen molar-refractivity contribution in [3.8, 4) is 0 Å². The molecule has 2 aliphatic rings. The van der Waals surface area contributed by atoms with E-state index in [2.05, 4.69) is 49.3 Å². The lowest BCUT2D eigenvalue weighted by Gasteiger charge is -2.26. The molecule has 0 amide bonds. The van der Waals surface area contributed by atoms with E-state index in [0.717, 1.165) is 11.8 Å². The van der Waals surface area contributed by atoms with E-state index in [9.17, 15) is 0 Å². The van der Waals surface area contributed by atoms with Crippen LogP contribution in [0.15, 0.2) is 0 Å². The third-order valence-electron chi connectivity index (χ3n) is 4.85. The predicted octanol–water partition coefficient (Wildman–Crippen LogP) is 4.99. The minimum absolute atomic E-state index is 0.865. The highest BCUT2D eigenvalue weighted by Crippen LogP contribution is 2.12. The molecule has 0 atom stereocenters. The Labute approximate surface area is 150 Å². The van der Waals surface area contributed by atoms with Crippen LogP contribution in [0, 0.1) is 11.8 Å². The predicted molar refractivity (Wildman–Crippen MR) is 108 cm³/mol. The summed E-state index contributed by atoms with van der Waals surface area (Å²) >= 11 is 2.09. The Hall–Kier alpha value is 0.270. The molecule has 0 bridgehead atoms. The smallest absolute Gasteiger partial charge is 0.00727 e. The molecule has 0 radical (unpaired) electrons. The molecule has 2 aliphatic heterocycles. The second-order valence-corrected chi connectivity index (χ2v) is 9.30. The van der Waals surface area contributed by atoms with E-state index in [-0.39, 0.29) is 0 Å². The van der Waals surface area contributed by atoms with Crippen molar-refractivity contribution < 1.29 is 0 Å². The SMILES string of the molecule is CC(C)CCN1CCCCCC1.CC(C)CCN1CCSCC1. The largest absolute Gasteiger partial charge is 0.303 e. The normalized spacial score (nSPS) is 21.1. The van der Waals surface area contributed by atoms with Crippen LogP contribution in [0.5, 0.6) is 0 Å². The van der Waals surface area contributed by atoms with Crippen LogP contribution in [0.4, 0.5) is 0 Å². The van der Waals surface area contributed by atoms with Crippen LogP contribution < -0.4 is 0 Å². The Balaban J connectivity index is 0.000000231. The number of hydrogen-bond acceptors (Lipinski definition) is 3. The lowest BCUT2D eigenvalue weighted by atomic mass is 10.1. The van der Waals surface area contributed by atoms with E-state index in [1.54, 1.807) is 0 Å². The first-order valence-corrected chi connectivity index (χ1v) is 11.3.